The number of unbranched alkanes of at least 4 members (excludes halogenated alkanes) is 2. The van der Waals surface area contributed by atoms with Gasteiger partial charge in [-0.25, -0.2) is 4.79 Å². The molecule has 0 unspecified atom stereocenters. The Kier molecular flexibility index (Phi) is 59.8. The fourth-order valence-electron chi connectivity index (χ4n) is 14.6. The van der Waals surface area contributed by atoms with Crippen molar-refractivity contribution in [2.75, 3.05) is 59.0 Å². The Morgan fingerprint density at radius 2 is 0.601 bits per heavy atom. The van der Waals surface area contributed by atoms with Crippen LogP contribution in [0.1, 0.15) is 225 Å². The third-order valence-corrected chi connectivity index (χ3v) is 22.4. The first-order chi connectivity index (χ1) is 66.9. The molecular weight excluding hydrogens is 1880 g/mol. The van der Waals surface area contributed by atoms with Crippen LogP contribution in [-0.2, 0) is 115 Å². The minimum absolute atomic E-state index is 0.000934. The minimum Gasteiger partial charge on any atom is -0.481 e. The number of likely N-dealkylation sites (tertiary alicyclic amines) is 1. The molecule has 0 spiro atoms. The van der Waals surface area contributed by atoms with Gasteiger partial charge in [-0.05, 0) is 157 Å². The van der Waals surface area contributed by atoms with Gasteiger partial charge in [0, 0.05) is 32.2 Å². The molecule has 1 aliphatic rings. The molecule has 33 N–H and O–H groups in total. The Balaban J connectivity index is 3.24. The summed E-state index contributed by atoms with van der Waals surface area (Å²) in [5, 5.41) is 92.6. The van der Waals surface area contributed by atoms with Crippen molar-refractivity contribution in [1.29, 1.82) is 0 Å². The lowest BCUT2D eigenvalue weighted by Crippen LogP contribution is -2.61. The number of nitrogens with zero attached hydrogens (tertiary/aromatic N) is 1. The van der Waals surface area contributed by atoms with Gasteiger partial charge in [-0.15, -0.1) is 0 Å². The minimum atomic E-state index is -1.89. The third-order valence-electron chi connectivity index (χ3n) is 22.4. The molecule has 53 nitrogen and oxygen atoms in total. The molecule has 0 aromatic heterocycles. The highest BCUT2D eigenvalue weighted by Crippen LogP contribution is 2.23. The second-order valence-corrected chi connectivity index (χ2v) is 37.9. The van der Waals surface area contributed by atoms with Crippen molar-refractivity contribution in [2.24, 2.45) is 70.1 Å². The van der Waals surface area contributed by atoms with Gasteiger partial charge in [-0.2, -0.15) is 0 Å². The van der Waals surface area contributed by atoms with Gasteiger partial charge in [0.25, 0.3) is 0 Å². The molecular formula is C90H156N24O29. The van der Waals surface area contributed by atoms with Crippen LogP contribution >= 0.6 is 0 Å². The Morgan fingerprint density at radius 1 is 0.308 bits per heavy atom. The number of carbonyl (C=O) groups is 24. The lowest BCUT2D eigenvalue weighted by Gasteiger charge is -2.31. The number of carboxylic acids is 3. The first-order valence-corrected chi connectivity index (χ1v) is 48.2. The zero-order valence-corrected chi connectivity index (χ0v) is 84.2. The SMILES string of the molecule is CC(C)C[C@H](NC(=O)[C@H](CCCCN)NC(=O)[C@H](CC(C)C)NC(=O)[C@H](CO)NC(=O)CNC(=O)[C@H](CCCCN)NC(=O)[C@@H]1CCCN1C(=O)[C@H](CCC(N)=O)NC(=O)[C@@H](NC(=O)[C@H](CC(C)C)NC(=O)CNC(=O)CNC(=O)CNC(=O)[C@H](CO)NC(=O)[C@H](CCC(=O)O)NC(=O)[C@@H](NC(=O)[C@H](CC(C)C)NC(=O)[C@H](CCC(N)=O)NC(=O)[C@@H](NC(=O)[C@@H](N)CCC(=O)O)C(C)C)C(C)C)C(C)C)C(=O)O. The van der Waals surface area contributed by atoms with Crippen LogP contribution in [0.5, 0.6) is 0 Å². The number of carbonyl (C=O) groups excluding carboxylic acids is 21. The first kappa shape index (κ1) is 128. The topological polar surface area (TPSA) is 861 Å². The maximum absolute atomic E-state index is 14.7. The Morgan fingerprint density at radius 3 is 1.00 bits per heavy atom. The lowest BCUT2D eigenvalue weighted by atomic mass is 9.98. The van der Waals surface area contributed by atoms with E-state index in [0.29, 0.717) is 19.3 Å². The van der Waals surface area contributed by atoms with Crippen LogP contribution in [0.2, 0.25) is 0 Å². The van der Waals surface area contributed by atoms with Gasteiger partial charge < -0.3 is 155 Å². The van der Waals surface area contributed by atoms with E-state index >= 15 is 0 Å². The van der Waals surface area contributed by atoms with Crippen molar-refractivity contribution < 1.29 is 141 Å². The number of hydrogen-bond donors (Lipinski definition) is 28. The standard InChI is InChI=1S/C90H156N24O29/c1-44(2)34-57(100-68(121)40-97-66(119)38-96-67(120)39-98-77(129)61(42-115)110-80(132)55(26-30-71(125)126)105-87(139)73(49(11)12)113-83(135)59(36-46(5)6)107-79(131)54(24-27-64(94)117)104-86(138)72(48(9)10)111-75(127)51(93)23-29-70(123)124)82(134)112-74(50(13)14)88(140)106-56(25-28-65(95)118)89(141)114-33-19-22-63(114)85(137)103-52(20-15-17-31-91)76(128)99-41-69(122)101-62(43-116)84(136)108-58(35-45(3)4)81(133)102-53(21-16-18-32-92)78(130)109-60(90(142)143)37-47(7)8/h44-63,72-74,115-116H,15-43,91-93H2,1-14H3,(H2,94,117)(H2,95,118)(H,96,120)(H,97,119)(H,98,129)(H,99,128)(H,100,121)(H,101,122)(H,102,133)(H,103,137)(H,104,138)(H,105,139)(H,106,140)(H,107,131)(H,108,136)(H,109,130)(H,110,132)(H,111,127)(H,112,134)(H,113,135)(H,123,124)(H,125,126)(H,142,143)/t51-,52-,53-,54-,55-,56-,57-,58-,59-,60-,61-,62-,63-,72-,73-,74-/m0/s1. The van der Waals surface area contributed by atoms with Crippen molar-refractivity contribution in [3.8, 4) is 0 Å². The summed E-state index contributed by atoms with van der Waals surface area (Å²) in [7, 11) is 0. The van der Waals surface area contributed by atoms with E-state index in [1.54, 1.807) is 69.2 Å². The molecule has 143 heavy (non-hydrogen) atoms. The van der Waals surface area contributed by atoms with Gasteiger partial charge in [0.05, 0.1) is 45.4 Å². The molecule has 1 fully saturated rings. The monoisotopic (exact) mass is 2040 g/mol. The normalized spacial score (nSPS) is 15.5. The number of rotatable bonds is 71. The molecule has 1 aliphatic heterocycles. The third kappa shape index (κ3) is 50.5. The van der Waals surface area contributed by atoms with Crippen LogP contribution in [0.3, 0.4) is 0 Å². The quantitative estimate of drug-likeness (QED) is 0.0252. The smallest absolute Gasteiger partial charge is 0.326 e. The predicted octanol–water partition coefficient (Wildman–Crippen LogP) is -8.70. The molecule has 0 aliphatic carbocycles. The highest BCUT2D eigenvalue weighted by atomic mass is 16.4. The van der Waals surface area contributed by atoms with E-state index in [1.165, 1.54) is 27.7 Å². The van der Waals surface area contributed by atoms with Crippen LogP contribution in [0.25, 0.3) is 0 Å². The largest absolute Gasteiger partial charge is 0.481 e. The summed E-state index contributed by atoms with van der Waals surface area (Å²) in [6.07, 6.45) is -2.26. The zero-order chi connectivity index (χ0) is 109. The van der Waals surface area contributed by atoms with Gasteiger partial charge in [0.2, 0.25) is 124 Å². The molecule has 0 saturated carbocycles. The van der Waals surface area contributed by atoms with E-state index in [1.807, 2.05) is 0 Å². The van der Waals surface area contributed by atoms with Crippen LogP contribution < -0.4 is 124 Å². The van der Waals surface area contributed by atoms with E-state index in [0.717, 1.165) is 4.90 Å². The molecule has 1 rings (SSSR count). The molecule has 21 amide bonds. The van der Waals surface area contributed by atoms with Crippen molar-refractivity contribution in [3.05, 3.63) is 0 Å². The number of aliphatic hydroxyl groups excluding tert-OH is 2. The predicted molar refractivity (Wildman–Crippen MR) is 512 cm³/mol. The molecule has 1 saturated heterocycles. The second-order valence-electron chi connectivity index (χ2n) is 37.9. The molecule has 53 heteroatoms. The summed E-state index contributed by atoms with van der Waals surface area (Å²) >= 11 is 0. The summed E-state index contributed by atoms with van der Waals surface area (Å²) in [4.78, 5) is 322. The van der Waals surface area contributed by atoms with E-state index in [9.17, 15) is 135 Å². The van der Waals surface area contributed by atoms with Crippen molar-refractivity contribution >= 4 is 142 Å². The van der Waals surface area contributed by atoms with Gasteiger partial charge in [-0.1, -0.05) is 96.9 Å². The Hall–Kier alpha value is -12.9. The van der Waals surface area contributed by atoms with Crippen LogP contribution in [0.15, 0.2) is 0 Å². The molecule has 16 atom stereocenters. The Bertz CT molecular complexity index is 4310. The Labute approximate surface area is 830 Å². The summed E-state index contributed by atoms with van der Waals surface area (Å²) in [6.45, 7) is 17.7. The number of primary amides is 2. The molecule has 0 radical (unpaired) electrons. The fraction of sp³-hybridized carbons (Fsp3) is 0.733. The lowest BCUT2D eigenvalue weighted by molar-refractivity contribution is -0.143. The number of carboxylic acid groups (broad SMARTS) is 3. The number of nitrogens with two attached hydrogens (primary N) is 5. The summed E-state index contributed by atoms with van der Waals surface area (Å²) in [5.41, 5.74) is 28.2. The van der Waals surface area contributed by atoms with Crippen molar-refractivity contribution in [2.45, 2.75) is 322 Å². The van der Waals surface area contributed by atoms with Gasteiger partial charge >= 0.3 is 17.9 Å². The van der Waals surface area contributed by atoms with Gasteiger partial charge in [-0.3, -0.25) is 110 Å². The maximum Gasteiger partial charge on any atom is 0.326 e. The van der Waals surface area contributed by atoms with E-state index in [-0.39, 0.29) is 108 Å². The van der Waals surface area contributed by atoms with Crippen molar-refractivity contribution in [3.63, 3.8) is 0 Å². The number of nitrogens with one attached hydrogen (secondary N) is 18. The highest BCUT2D eigenvalue weighted by molar-refractivity contribution is 6.02. The fourth-order valence-corrected chi connectivity index (χ4v) is 14.6. The maximum atomic E-state index is 14.7. The average molecular weight is 2040 g/mol. The molecule has 0 aromatic carbocycles. The summed E-state index contributed by atoms with van der Waals surface area (Å²) in [6, 6.07) is -23.6. The molecule has 1 heterocycles. The van der Waals surface area contributed by atoms with Gasteiger partial charge in [0.1, 0.15) is 90.6 Å². The van der Waals surface area contributed by atoms with E-state index in [4.69, 9.17) is 33.8 Å². The summed E-state index contributed by atoms with van der Waals surface area (Å²) in [5.74, 6) is -27.4. The van der Waals surface area contributed by atoms with Crippen LogP contribution in [0.4, 0.5) is 0 Å². The van der Waals surface area contributed by atoms with E-state index in [2.05, 4.69) is 95.7 Å². The van der Waals surface area contributed by atoms with Gasteiger partial charge in [0.15, 0.2) is 0 Å². The number of hydrogen-bond acceptors (Lipinski definition) is 29. The average Bonchev–Trinajstić information content (AvgIpc) is 1.71. The highest BCUT2D eigenvalue weighted by Gasteiger charge is 2.43. The number of aliphatic hydroxyl groups is 2. The molecule has 0 aromatic rings. The van der Waals surface area contributed by atoms with E-state index < -0.39 is 341 Å². The molecule has 810 valence electrons. The first-order valence-electron chi connectivity index (χ1n) is 48.2. The van der Waals surface area contributed by atoms with Crippen molar-refractivity contribution in [1.82, 2.24) is 101 Å². The number of amides is 21. The van der Waals surface area contributed by atoms with Crippen LogP contribution in [0, 0.1) is 41.4 Å². The summed E-state index contributed by atoms with van der Waals surface area (Å²) < 4.78 is 0. The van der Waals surface area contributed by atoms with Crippen LogP contribution in [-0.4, -0.2) is 328 Å². The second kappa shape index (κ2) is 66.8. The zero-order valence-electron chi connectivity index (χ0n) is 84.2. The molecule has 0 bridgehead atoms. The number of aliphatic carboxylic acids is 3.